The highest BCUT2D eigenvalue weighted by Gasteiger charge is 2.11. The molecule has 5 nitrogen and oxygen atoms in total. The fourth-order valence-corrected chi connectivity index (χ4v) is 1.25. The van der Waals surface area contributed by atoms with Crippen LogP contribution in [0.2, 0.25) is 0 Å². The number of rotatable bonds is 6. The Hall–Kier alpha value is -1.36. The van der Waals surface area contributed by atoms with Crippen LogP contribution in [-0.2, 0) is 11.3 Å². The van der Waals surface area contributed by atoms with E-state index in [9.17, 15) is 4.79 Å². The standard InChI is InChI=1S/C10H18N4O/c1-2-3-4-9(11)10(15)13-6-8-5-12-7-14-8/h5,7,9H,2-4,6,11H2,1H3,(H,12,14)(H,13,15). The third-order valence-corrected chi connectivity index (χ3v) is 2.21. The number of imidazole rings is 1. The van der Waals surface area contributed by atoms with Crippen molar-refractivity contribution in [2.45, 2.75) is 38.8 Å². The number of hydrogen-bond donors (Lipinski definition) is 3. The molecule has 1 rings (SSSR count). The van der Waals surface area contributed by atoms with Crippen molar-refractivity contribution in [2.24, 2.45) is 5.73 Å². The first-order valence-electron chi connectivity index (χ1n) is 5.24. The second-order valence-corrected chi connectivity index (χ2v) is 3.54. The molecule has 0 spiro atoms. The van der Waals surface area contributed by atoms with Crippen molar-refractivity contribution in [2.75, 3.05) is 0 Å². The molecule has 1 aromatic heterocycles. The van der Waals surface area contributed by atoms with E-state index in [0.29, 0.717) is 6.54 Å². The summed E-state index contributed by atoms with van der Waals surface area (Å²) in [6, 6.07) is -0.395. The van der Waals surface area contributed by atoms with Gasteiger partial charge in [-0.05, 0) is 6.42 Å². The highest BCUT2D eigenvalue weighted by Crippen LogP contribution is 1.98. The molecule has 15 heavy (non-hydrogen) atoms. The molecule has 0 saturated carbocycles. The van der Waals surface area contributed by atoms with Gasteiger partial charge in [0.05, 0.1) is 24.6 Å². The van der Waals surface area contributed by atoms with E-state index >= 15 is 0 Å². The van der Waals surface area contributed by atoms with Crippen molar-refractivity contribution in [3.05, 3.63) is 18.2 Å². The zero-order chi connectivity index (χ0) is 11.1. The molecular formula is C10H18N4O. The quantitative estimate of drug-likeness (QED) is 0.641. The predicted molar refractivity (Wildman–Crippen MR) is 57.9 cm³/mol. The number of carbonyl (C=O) groups is 1. The van der Waals surface area contributed by atoms with Crippen LogP contribution in [0.5, 0.6) is 0 Å². The van der Waals surface area contributed by atoms with Crippen molar-refractivity contribution in [3.8, 4) is 0 Å². The van der Waals surface area contributed by atoms with Crippen LogP contribution in [0, 0.1) is 0 Å². The maximum atomic E-state index is 11.5. The van der Waals surface area contributed by atoms with Gasteiger partial charge < -0.3 is 16.0 Å². The highest BCUT2D eigenvalue weighted by atomic mass is 16.2. The number of nitrogens with two attached hydrogens (primary N) is 1. The number of aromatic nitrogens is 2. The lowest BCUT2D eigenvalue weighted by atomic mass is 10.1. The Kier molecular flexibility index (Phi) is 4.83. The second-order valence-electron chi connectivity index (χ2n) is 3.54. The molecule has 84 valence electrons. The number of hydrogen-bond acceptors (Lipinski definition) is 3. The van der Waals surface area contributed by atoms with Gasteiger partial charge in [-0.3, -0.25) is 4.79 Å². The fraction of sp³-hybridized carbons (Fsp3) is 0.600. The van der Waals surface area contributed by atoms with Crippen LogP contribution in [0.25, 0.3) is 0 Å². The normalized spacial score (nSPS) is 12.4. The van der Waals surface area contributed by atoms with Gasteiger partial charge in [0.25, 0.3) is 0 Å². The Balaban J connectivity index is 2.23. The maximum absolute atomic E-state index is 11.5. The van der Waals surface area contributed by atoms with Crippen LogP contribution < -0.4 is 11.1 Å². The molecule has 1 heterocycles. The van der Waals surface area contributed by atoms with Crippen LogP contribution in [0.4, 0.5) is 0 Å². The van der Waals surface area contributed by atoms with Crippen LogP contribution in [0.1, 0.15) is 31.9 Å². The molecule has 0 aliphatic rings. The van der Waals surface area contributed by atoms with Gasteiger partial charge in [-0.25, -0.2) is 4.98 Å². The minimum Gasteiger partial charge on any atom is -0.349 e. The minimum atomic E-state index is -0.395. The zero-order valence-electron chi connectivity index (χ0n) is 8.99. The fourth-order valence-electron chi connectivity index (χ4n) is 1.25. The van der Waals surface area contributed by atoms with Crippen LogP contribution in [0.15, 0.2) is 12.5 Å². The summed E-state index contributed by atoms with van der Waals surface area (Å²) in [7, 11) is 0. The number of nitrogens with zero attached hydrogens (tertiary/aromatic N) is 1. The number of unbranched alkanes of at least 4 members (excludes halogenated alkanes) is 1. The lowest BCUT2D eigenvalue weighted by Gasteiger charge is -2.10. The molecule has 0 bridgehead atoms. The maximum Gasteiger partial charge on any atom is 0.237 e. The highest BCUT2D eigenvalue weighted by molar-refractivity contribution is 5.81. The Morgan fingerprint density at radius 3 is 3.13 bits per heavy atom. The first-order valence-corrected chi connectivity index (χ1v) is 5.24. The molecule has 0 aliphatic carbocycles. The molecule has 1 amide bonds. The van der Waals surface area contributed by atoms with Crippen molar-refractivity contribution >= 4 is 5.91 Å². The summed E-state index contributed by atoms with van der Waals surface area (Å²) in [5, 5.41) is 2.76. The Morgan fingerprint density at radius 2 is 2.53 bits per heavy atom. The predicted octanol–water partition coefficient (Wildman–Crippen LogP) is 0.543. The number of H-pyrrole nitrogens is 1. The molecule has 1 unspecified atom stereocenters. The lowest BCUT2D eigenvalue weighted by molar-refractivity contribution is -0.122. The topological polar surface area (TPSA) is 83.8 Å². The largest absolute Gasteiger partial charge is 0.349 e. The summed E-state index contributed by atoms with van der Waals surface area (Å²) in [5.74, 6) is -0.0990. The Labute approximate surface area is 89.5 Å². The number of aromatic amines is 1. The van der Waals surface area contributed by atoms with Gasteiger partial charge in [0.2, 0.25) is 5.91 Å². The molecule has 0 radical (unpaired) electrons. The molecule has 5 heteroatoms. The van der Waals surface area contributed by atoms with E-state index in [4.69, 9.17) is 5.73 Å². The lowest BCUT2D eigenvalue weighted by Crippen LogP contribution is -2.40. The molecule has 4 N–H and O–H groups in total. The third-order valence-electron chi connectivity index (χ3n) is 2.21. The van der Waals surface area contributed by atoms with Crippen molar-refractivity contribution < 1.29 is 4.79 Å². The average Bonchev–Trinajstić information content (AvgIpc) is 2.75. The summed E-state index contributed by atoms with van der Waals surface area (Å²) >= 11 is 0. The first-order chi connectivity index (χ1) is 7.24. The van der Waals surface area contributed by atoms with Crippen LogP contribution >= 0.6 is 0 Å². The molecule has 0 aliphatic heterocycles. The van der Waals surface area contributed by atoms with Crippen LogP contribution in [0.3, 0.4) is 0 Å². The molecule has 0 aromatic carbocycles. The first kappa shape index (κ1) is 11.7. The van der Waals surface area contributed by atoms with Crippen LogP contribution in [-0.4, -0.2) is 21.9 Å². The summed E-state index contributed by atoms with van der Waals surface area (Å²) in [6.45, 7) is 2.54. The zero-order valence-corrected chi connectivity index (χ0v) is 8.99. The number of carbonyl (C=O) groups excluding carboxylic acids is 1. The van der Waals surface area contributed by atoms with Crippen molar-refractivity contribution in [1.82, 2.24) is 15.3 Å². The van der Waals surface area contributed by atoms with E-state index in [1.807, 2.05) is 0 Å². The van der Waals surface area contributed by atoms with Gasteiger partial charge in [0, 0.05) is 6.20 Å². The van der Waals surface area contributed by atoms with Crippen molar-refractivity contribution in [1.29, 1.82) is 0 Å². The second kappa shape index (κ2) is 6.19. The molecule has 0 saturated heterocycles. The summed E-state index contributed by atoms with van der Waals surface area (Å²) in [4.78, 5) is 18.2. The van der Waals surface area contributed by atoms with Gasteiger partial charge >= 0.3 is 0 Å². The van der Waals surface area contributed by atoms with E-state index < -0.39 is 6.04 Å². The van der Waals surface area contributed by atoms with E-state index in [2.05, 4.69) is 22.2 Å². The Morgan fingerprint density at radius 1 is 1.73 bits per heavy atom. The minimum absolute atomic E-state index is 0.0990. The van der Waals surface area contributed by atoms with E-state index in [0.717, 1.165) is 25.0 Å². The van der Waals surface area contributed by atoms with E-state index in [1.165, 1.54) is 0 Å². The van der Waals surface area contributed by atoms with Gasteiger partial charge in [-0.2, -0.15) is 0 Å². The number of nitrogens with one attached hydrogen (secondary N) is 2. The summed E-state index contributed by atoms with van der Waals surface area (Å²) in [6.07, 6.45) is 6.04. The van der Waals surface area contributed by atoms with E-state index in [-0.39, 0.29) is 5.91 Å². The SMILES string of the molecule is CCCCC(N)C(=O)NCc1cnc[nH]1. The van der Waals surface area contributed by atoms with Gasteiger partial charge in [-0.15, -0.1) is 0 Å². The van der Waals surface area contributed by atoms with E-state index in [1.54, 1.807) is 12.5 Å². The molecule has 0 fully saturated rings. The summed E-state index contributed by atoms with van der Waals surface area (Å²) in [5.41, 5.74) is 6.59. The third kappa shape index (κ3) is 4.12. The average molecular weight is 210 g/mol. The van der Waals surface area contributed by atoms with Gasteiger partial charge in [0.1, 0.15) is 0 Å². The molecule has 1 aromatic rings. The smallest absolute Gasteiger partial charge is 0.237 e. The van der Waals surface area contributed by atoms with Crippen molar-refractivity contribution in [3.63, 3.8) is 0 Å². The Bertz CT molecular complexity index is 284. The molecule has 1 atom stereocenters. The van der Waals surface area contributed by atoms with Gasteiger partial charge in [-0.1, -0.05) is 19.8 Å². The monoisotopic (exact) mass is 210 g/mol. The molecular weight excluding hydrogens is 192 g/mol. The van der Waals surface area contributed by atoms with Gasteiger partial charge in [0.15, 0.2) is 0 Å². The number of amides is 1. The summed E-state index contributed by atoms with van der Waals surface area (Å²) < 4.78 is 0.